The van der Waals surface area contributed by atoms with E-state index in [9.17, 15) is 8.78 Å². The summed E-state index contributed by atoms with van der Waals surface area (Å²) in [6.07, 6.45) is 1.61. The van der Waals surface area contributed by atoms with E-state index < -0.39 is 11.6 Å². The first-order valence-corrected chi connectivity index (χ1v) is 5.34. The largest absolute Gasteiger partial charge is 0.207 e. The van der Waals surface area contributed by atoms with E-state index >= 15 is 0 Å². The van der Waals surface area contributed by atoms with Crippen LogP contribution in [0.5, 0.6) is 0 Å². The summed E-state index contributed by atoms with van der Waals surface area (Å²) in [5, 5.41) is 0.219. The lowest BCUT2D eigenvalue weighted by molar-refractivity contribution is 0.563. The third-order valence-electron chi connectivity index (χ3n) is 1.87. The van der Waals surface area contributed by atoms with Crippen LogP contribution in [0.4, 0.5) is 8.78 Å². The summed E-state index contributed by atoms with van der Waals surface area (Å²) in [6.45, 7) is 1.98. The molecule has 0 aliphatic rings. The maximum atomic E-state index is 13.2. The highest BCUT2D eigenvalue weighted by molar-refractivity contribution is 9.08. The van der Waals surface area contributed by atoms with Crippen molar-refractivity contribution in [2.75, 3.05) is 0 Å². The molecule has 0 nitrogen and oxygen atoms in total. The van der Waals surface area contributed by atoms with Crippen molar-refractivity contribution in [2.45, 2.75) is 25.1 Å². The van der Waals surface area contributed by atoms with Crippen LogP contribution in [0.3, 0.4) is 0 Å². The molecule has 0 unspecified atom stereocenters. The van der Waals surface area contributed by atoms with E-state index in [4.69, 9.17) is 0 Å². The molecule has 1 rings (SSSR count). The fourth-order valence-electron chi connectivity index (χ4n) is 1.22. The minimum atomic E-state index is -0.458. The van der Waals surface area contributed by atoms with Crippen molar-refractivity contribution in [3.63, 3.8) is 0 Å². The third kappa shape index (κ3) is 2.50. The van der Waals surface area contributed by atoms with Gasteiger partial charge in [-0.3, -0.25) is 0 Å². The van der Waals surface area contributed by atoms with Crippen LogP contribution in [0.2, 0.25) is 0 Å². The van der Waals surface area contributed by atoms with E-state index in [1.54, 1.807) is 0 Å². The molecule has 1 aromatic rings. The van der Waals surface area contributed by atoms with Crippen LogP contribution in [-0.2, 0) is 11.8 Å². The highest BCUT2D eigenvalue weighted by Gasteiger charge is 2.08. The average molecular weight is 249 g/mol. The Morgan fingerprint density at radius 2 is 1.77 bits per heavy atom. The molecule has 0 aliphatic carbocycles. The molecule has 0 amide bonds. The summed E-state index contributed by atoms with van der Waals surface area (Å²) in [6, 6.07) is 2.81. The molecule has 0 atom stereocenters. The summed E-state index contributed by atoms with van der Waals surface area (Å²) in [7, 11) is 0. The van der Waals surface area contributed by atoms with Gasteiger partial charge in [-0.15, -0.1) is 0 Å². The highest BCUT2D eigenvalue weighted by Crippen LogP contribution is 2.18. The zero-order valence-corrected chi connectivity index (χ0v) is 9.00. The lowest BCUT2D eigenvalue weighted by Gasteiger charge is -2.04. The van der Waals surface area contributed by atoms with Gasteiger partial charge in [0.2, 0.25) is 0 Å². The molecule has 0 aromatic heterocycles. The summed E-state index contributed by atoms with van der Waals surface area (Å²) >= 11 is 3.04. The Hall–Kier alpha value is -0.440. The van der Waals surface area contributed by atoms with Gasteiger partial charge in [0, 0.05) is 10.9 Å². The lowest BCUT2D eigenvalue weighted by Crippen LogP contribution is -1.95. The van der Waals surface area contributed by atoms with Crippen molar-refractivity contribution in [3.8, 4) is 0 Å². The molecule has 0 aliphatic heterocycles. The van der Waals surface area contributed by atoms with Crippen molar-refractivity contribution in [1.82, 2.24) is 0 Å². The van der Waals surface area contributed by atoms with Crippen LogP contribution in [0, 0.1) is 11.6 Å². The Labute approximate surface area is 85.1 Å². The molecule has 0 bridgehead atoms. The minimum absolute atomic E-state index is 0.111. The zero-order chi connectivity index (χ0) is 9.84. The summed E-state index contributed by atoms with van der Waals surface area (Å²) < 4.78 is 26.3. The van der Waals surface area contributed by atoms with Crippen LogP contribution in [0.1, 0.15) is 24.5 Å². The number of aryl methyl sites for hydroxylation is 1. The quantitative estimate of drug-likeness (QED) is 0.714. The van der Waals surface area contributed by atoms with Gasteiger partial charge in [-0.25, -0.2) is 8.78 Å². The number of halogens is 3. The topological polar surface area (TPSA) is 0 Å². The maximum Gasteiger partial charge on any atom is 0.130 e. The number of hydrogen-bond donors (Lipinski definition) is 0. The van der Waals surface area contributed by atoms with Gasteiger partial charge >= 0.3 is 0 Å². The second-order valence-corrected chi connectivity index (χ2v) is 3.48. The van der Waals surface area contributed by atoms with Crippen LogP contribution < -0.4 is 0 Å². The molecule has 0 fully saturated rings. The Kier molecular flexibility index (Phi) is 3.85. The van der Waals surface area contributed by atoms with Gasteiger partial charge in [0.05, 0.1) is 0 Å². The number of alkyl halides is 1. The molecule has 0 N–H and O–H groups in total. The lowest BCUT2D eigenvalue weighted by atomic mass is 10.1. The molecular weight excluding hydrogens is 238 g/mol. The standard InChI is InChI=1S/C10H11BrF2/c1-2-3-7-4-9(12)8(6-11)10(13)5-7/h4-5H,2-3,6H2,1H3. The first-order chi connectivity index (χ1) is 6.19. The molecule has 0 heterocycles. The fourth-order valence-corrected chi connectivity index (χ4v) is 1.75. The third-order valence-corrected chi connectivity index (χ3v) is 2.43. The smallest absolute Gasteiger partial charge is 0.130 e. The first kappa shape index (κ1) is 10.6. The van der Waals surface area contributed by atoms with Crippen LogP contribution in [0.25, 0.3) is 0 Å². The van der Waals surface area contributed by atoms with Crippen molar-refractivity contribution in [2.24, 2.45) is 0 Å². The van der Waals surface area contributed by atoms with Gasteiger partial charge in [0.25, 0.3) is 0 Å². The molecule has 72 valence electrons. The Morgan fingerprint density at radius 3 is 2.15 bits per heavy atom. The predicted octanol–water partition coefficient (Wildman–Crippen LogP) is 3.81. The van der Waals surface area contributed by atoms with Gasteiger partial charge in [-0.05, 0) is 24.1 Å². The predicted molar refractivity (Wildman–Crippen MR) is 53.0 cm³/mol. The Morgan fingerprint density at radius 1 is 1.23 bits per heavy atom. The zero-order valence-electron chi connectivity index (χ0n) is 7.41. The number of rotatable bonds is 3. The van der Waals surface area contributed by atoms with Gasteiger partial charge < -0.3 is 0 Å². The van der Waals surface area contributed by atoms with E-state index in [1.807, 2.05) is 6.92 Å². The van der Waals surface area contributed by atoms with Crippen molar-refractivity contribution >= 4 is 15.9 Å². The van der Waals surface area contributed by atoms with Gasteiger partial charge in [-0.1, -0.05) is 29.3 Å². The summed E-state index contributed by atoms with van der Waals surface area (Å²) in [5.41, 5.74) is 0.835. The molecule has 1 aromatic carbocycles. The molecule has 0 radical (unpaired) electrons. The molecule has 3 heteroatoms. The highest BCUT2D eigenvalue weighted by atomic mass is 79.9. The van der Waals surface area contributed by atoms with Crippen molar-refractivity contribution in [3.05, 3.63) is 34.9 Å². The van der Waals surface area contributed by atoms with E-state index in [-0.39, 0.29) is 10.9 Å². The summed E-state index contributed by atoms with van der Waals surface area (Å²) in [5.74, 6) is -0.916. The second kappa shape index (κ2) is 4.70. The number of hydrogen-bond acceptors (Lipinski definition) is 0. The molecule has 0 spiro atoms. The first-order valence-electron chi connectivity index (χ1n) is 4.21. The fraction of sp³-hybridized carbons (Fsp3) is 0.400. The van der Waals surface area contributed by atoms with Gasteiger partial charge in [0.15, 0.2) is 0 Å². The van der Waals surface area contributed by atoms with Crippen LogP contribution in [0.15, 0.2) is 12.1 Å². The van der Waals surface area contributed by atoms with Crippen LogP contribution in [-0.4, -0.2) is 0 Å². The van der Waals surface area contributed by atoms with E-state index in [1.165, 1.54) is 12.1 Å². The van der Waals surface area contributed by atoms with E-state index in [0.717, 1.165) is 18.4 Å². The van der Waals surface area contributed by atoms with E-state index in [2.05, 4.69) is 15.9 Å². The van der Waals surface area contributed by atoms with Crippen LogP contribution >= 0.6 is 15.9 Å². The Balaban J connectivity index is 3.05. The van der Waals surface area contributed by atoms with Crippen molar-refractivity contribution in [1.29, 1.82) is 0 Å². The SMILES string of the molecule is CCCc1cc(F)c(CBr)c(F)c1. The van der Waals surface area contributed by atoms with E-state index in [0.29, 0.717) is 0 Å². The second-order valence-electron chi connectivity index (χ2n) is 2.92. The van der Waals surface area contributed by atoms with Crippen molar-refractivity contribution < 1.29 is 8.78 Å². The molecule has 13 heavy (non-hydrogen) atoms. The molecular formula is C10H11BrF2. The average Bonchev–Trinajstić information content (AvgIpc) is 2.04. The molecule has 0 saturated carbocycles. The van der Waals surface area contributed by atoms with Gasteiger partial charge in [-0.2, -0.15) is 0 Å². The Bertz CT molecular complexity index is 274. The molecule has 0 saturated heterocycles. The maximum absolute atomic E-state index is 13.2. The monoisotopic (exact) mass is 248 g/mol. The summed E-state index contributed by atoms with van der Waals surface area (Å²) in [4.78, 5) is 0. The normalized spacial score (nSPS) is 10.5. The number of benzene rings is 1. The minimum Gasteiger partial charge on any atom is -0.207 e. The van der Waals surface area contributed by atoms with Gasteiger partial charge in [0.1, 0.15) is 11.6 Å².